The number of benzene rings is 1. The van der Waals surface area contributed by atoms with Gasteiger partial charge in [0.2, 0.25) is 0 Å². The summed E-state index contributed by atoms with van der Waals surface area (Å²) in [7, 11) is -3.71. The molecule has 3 aliphatic rings. The summed E-state index contributed by atoms with van der Waals surface area (Å²) in [6, 6.07) is 8.76. The maximum atomic E-state index is 12.7. The molecule has 1 unspecified atom stereocenters. The van der Waals surface area contributed by atoms with E-state index < -0.39 is 32.1 Å². The quantitative estimate of drug-likeness (QED) is 0.772. The zero-order chi connectivity index (χ0) is 15.4. The molecule has 1 aromatic rings. The molecule has 3 saturated heterocycles. The van der Waals surface area contributed by atoms with Crippen molar-refractivity contribution in [1.82, 2.24) is 0 Å². The van der Waals surface area contributed by atoms with Crippen LogP contribution in [0.2, 0.25) is 0 Å². The normalized spacial score (nSPS) is 42.6. The molecule has 22 heavy (non-hydrogen) atoms. The zero-order valence-corrected chi connectivity index (χ0v) is 13.1. The number of ether oxygens (including phenoxy) is 3. The minimum Gasteiger partial charge on any atom is -0.404 e. The smallest absolute Gasteiger partial charge is 0.404 e. The van der Waals surface area contributed by atoms with Gasteiger partial charge in [-0.15, -0.1) is 0 Å². The van der Waals surface area contributed by atoms with Gasteiger partial charge >= 0.3 is 7.82 Å². The molecular formula is C14H17O7P. The minimum absolute atomic E-state index is 0.106. The molecule has 0 amide bonds. The Balaban J connectivity index is 1.51. The van der Waals surface area contributed by atoms with E-state index in [9.17, 15) is 4.57 Å². The van der Waals surface area contributed by atoms with Gasteiger partial charge in [0.15, 0.2) is 12.1 Å². The van der Waals surface area contributed by atoms with Crippen molar-refractivity contribution in [1.29, 1.82) is 0 Å². The largest absolute Gasteiger partial charge is 0.530 e. The second kappa shape index (κ2) is 5.03. The Morgan fingerprint density at radius 3 is 2.73 bits per heavy atom. The van der Waals surface area contributed by atoms with E-state index in [0.29, 0.717) is 5.75 Å². The summed E-state index contributed by atoms with van der Waals surface area (Å²) >= 11 is 0. The van der Waals surface area contributed by atoms with E-state index in [4.69, 9.17) is 27.8 Å². The molecule has 3 aliphatic heterocycles. The Kier molecular flexibility index (Phi) is 3.34. The van der Waals surface area contributed by atoms with Crippen LogP contribution in [0.15, 0.2) is 30.3 Å². The van der Waals surface area contributed by atoms with E-state index in [-0.39, 0.29) is 12.7 Å². The standard InChI is InChI=1S/C14H17O7P/c1-14(2)18-12-11-10(17-13(12)19-14)8-16-22(15,21-11)20-9-6-4-3-5-7-9/h3-7,10-13H,8H2,1-2H3/t10-,11-,12-,13-,22?/m1/s1. The van der Waals surface area contributed by atoms with Gasteiger partial charge in [0, 0.05) is 0 Å². The molecule has 7 nitrogen and oxygen atoms in total. The highest BCUT2D eigenvalue weighted by Gasteiger charge is 2.60. The fraction of sp³-hybridized carbons (Fsp3) is 0.571. The maximum absolute atomic E-state index is 12.7. The summed E-state index contributed by atoms with van der Waals surface area (Å²) in [6.45, 7) is 3.70. The number of phosphoric acid groups is 1. The molecule has 3 fully saturated rings. The fourth-order valence-corrected chi connectivity index (χ4v) is 4.23. The van der Waals surface area contributed by atoms with Gasteiger partial charge in [-0.05, 0) is 26.0 Å². The Bertz CT molecular complexity index is 604. The maximum Gasteiger partial charge on any atom is 0.530 e. The van der Waals surface area contributed by atoms with Crippen LogP contribution in [0.25, 0.3) is 0 Å². The highest BCUT2D eigenvalue weighted by Crippen LogP contribution is 2.57. The first-order valence-corrected chi connectivity index (χ1v) is 8.59. The van der Waals surface area contributed by atoms with Crippen LogP contribution in [0, 0.1) is 0 Å². The van der Waals surface area contributed by atoms with Crippen molar-refractivity contribution in [2.24, 2.45) is 0 Å². The van der Waals surface area contributed by atoms with Crippen LogP contribution in [0.4, 0.5) is 0 Å². The van der Waals surface area contributed by atoms with Crippen LogP contribution < -0.4 is 4.52 Å². The van der Waals surface area contributed by atoms with Gasteiger partial charge in [-0.25, -0.2) is 4.57 Å². The Morgan fingerprint density at radius 2 is 1.95 bits per heavy atom. The number of rotatable bonds is 2. The molecule has 0 aliphatic carbocycles. The molecule has 0 saturated carbocycles. The van der Waals surface area contributed by atoms with Crippen molar-refractivity contribution in [3.63, 3.8) is 0 Å². The van der Waals surface area contributed by atoms with Crippen molar-refractivity contribution in [2.45, 2.75) is 44.2 Å². The monoisotopic (exact) mass is 328 g/mol. The van der Waals surface area contributed by atoms with E-state index in [1.807, 2.05) is 6.07 Å². The molecule has 8 heteroatoms. The lowest BCUT2D eigenvalue weighted by Crippen LogP contribution is -2.41. The van der Waals surface area contributed by atoms with E-state index in [2.05, 4.69) is 0 Å². The average molecular weight is 328 g/mol. The molecule has 5 atom stereocenters. The number of fused-ring (bicyclic) bond motifs is 3. The molecule has 3 heterocycles. The van der Waals surface area contributed by atoms with Crippen LogP contribution in [0.3, 0.4) is 0 Å². The summed E-state index contributed by atoms with van der Waals surface area (Å²) < 4.78 is 46.1. The topological polar surface area (TPSA) is 72.5 Å². The lowest BCUT2D eigenvalue weighted by Gasteiger charge is -2.32. The third-order valence-corrected chi connectivity index (χ3v) is 5.10. The molecule has 0 bridgehead atoms. The van der Waals surface area contributed by atoms with E-state index in [1.165, 1.54) is 0 Å². The van der Waals surface area contributed by atoms with Crippen molar-refractivity contribution >= 4 is 7.82 Å². The van der Waals surface area contributed by atoms with Crippen LogP contribution in [0.1, 0.15) is 13.8 Å². The predicted molar refractivity (Wildman–Crippen MR) is 74.2 cm³/mol. The predicted octanol–water partition coefficient (Wildman–Crippen LogP) is 2.47. The summed E-state index contributed by atoms with van der Waals surface area (Å²) in [5.74, 6) is -0.338. The van der Waals surface area contributed by atoms with Gasteiger partial charge in [0.25, 0.3) is 0 Å². The van der Waals surface area contributed by atoms with Gasteiger partial charge < -0.3 is 18.7 Å². The average Bonchev–Trinajstić information content (AvgIpc) is 2.92. The number of phosphoric ester groups is 1. The minimum atomic E-state index is -3.71. The van der Waals surface area contributed by atoms with E-state index in [0.717, 1.165) is 0 Å². The molecular weight excluding hydrogens is 311 g/mol. The first-order valence-electron chi connectivity index (χ1n) is 7.13. The first-order chi connectivity index (χ1) is 10.4. The van der Waals surface area contributed by atoms with E-state index in [1.54, 1.807) is 38.1 Å². The second-order valence-corrected chi connectivity index (χ2v) is 7.41. The van der Waals surface area contributed by atoms with Gasteiger partial charge in [-0.3, -0.25) is 9.05 Å². The first kappa shape index (κ1) is 14.6. The third-order valence-electron chi connectivity index (χ3n) is 3.70. The molecule has 0 radical (unpaired) electrons. The third kappa shape index (κ3) is 2.58. The highest BCUT2D eigenvalue weighted by atomic mass is 31.2. The van der Waals surface area contributed by atoms with Crippen LogP contribution >= 0.6 is 7.82 Å². The van der Waals surface area contributed by atoms with Crippen LogP contribution in [-0.2, 0) is 27.8 Å². The second-order valence-electron chi connectivity index (χ2n) is 5.86. The summed E-state index contributed by atoms with van der Waals surface area (Å²) in [4.78, 5) is 0. The van der Waals surface area contributed by atoms with Crippen LogP contribution in [-0.4, -0.2) is 37.0 Å². The van der Waals surface area contributed by atoms with Gasteiger partial charge in [0.05, 0.1) is 6.61 Å². The Morgan fingerprint density at radius 1 is 1.18 bits per heavy atom. The molecule has 120 valence electrons. The molecule has 4 rings (SSSR count). The lowest BCUT2D eigenvalue weighted by atomic mass is 10.1. The summed E-state index contributed by atoms with van der Waals surface area (Å²) in [5, 5.41) is 0. The zero-order valence-electron chi connectivity index (χ0n) is 12.2. The molecule has 0 spiro atoms. The number of hydrogen-bond acceptors (Lipinski definition) is 7. The number of para-hydroxylation sites is 1. The SMILES string of the molecule is CC1(C)O[C@H]2O[C@@H]3COP(=O)(Oc4ccccc4)O[C@H]3[C@H]2O1. The van der Waals surface area contributed by atoms with Crippen molar-refractivity contribution < 1.29 is 32.3 Å². The van der Waals surface area contributed by atoms with Gasteiger partial charge in [-0.1, -0.05) is 18.2 Å². The highest BCUT2D eigenvalue weighted by molar-refractivity contribution is 7.49. The Labute approximate surface area is 128 Å². The van der Waals surface area contributed by atoms with Gasteiger partial charge in [-0.2, -0.15) is 0 Å². The molecule has 0 aromatic heterocycles. The van der Waals surface area contributed by atoms with Crippen LogP contribution in [0.5, 0.6) is 5.75 Å². The molecule has 1 aromatic carbocycles. The number of hydrogen-bond donors (Lipinski definition) is 0. The van der Waals surface area contributed by atoms with Crippen molar-refractivity contribution in [2.75, 3.05) is 6.61 Å². The van der Waals surface area contributed by atoms with Crippen molar-refractivity contribution in [3.8, 4) is 5.75 Å². The van der Waals surface area contributed by atoms with Gasteiger partial charge in [0.1, 0.15) is 24.1 Å². The Hall–Kier alpha value is -0.950. The molecule has 0 N–H and O–H groups in total. The van der Waals surface area contributed by atoms with E-state index >= 15 is 0 Å². The summed E-state index contributed by atoms with van der Waals surface area (Å²) in [5.41, 5.74) is 0. The van der Waals surface area contributed by atoms with Crippen molar-refractivity contribution in [3.05, 3.63) is 30.3 Å². The lowest BCUT2D eigenvalue weighted by molar-refractivity contribution is -0.221. The summed E-state index contributed by atoms with van der Waals surface area (Å²) in [6.07, 6.45) is -1.92. The fourth-order valence-electron chi connectivity index (χ4n) is 2.81.